The smallest absolute Gasteiger partial charge is 0.296 e. The molecule has 1 amide bonds. The molecular weight excluding hydrogens is 250 g/mol. The van der Waals surface area contributed by atoms with Crippen LogP contribution in [0.2, 0.25) is 0 Å². The molecule has 0 spiro atoms. The van der Waals surface area contributed by atoms with Gasteiger partial charge in [0.25, 0.3) is 11.7 Å². The molecule has 18 heavy (non-hydrogen) atoms. The SMILES string of the molecule is CN(C)CCNSc1ccc2c(c1)C(=O)C(=O)N2. The van der Waals surface area contributed by atoms with Crippen LogP contribution >= 0.6 is 11.9 Å². The standard InChI is InChI=1S/C12H15N3O2S/c1-15(2)6-5-13-18-8-3-4-10-9(7-8)11(16)12(17)14-10/h3-4,7,13H,5-6H2,1-2H3,(H,14,16,17). The molecule has 0 aliphatic carbocycles. The zero-order valence-electron chi connectivity index (χ0n) is 10.3. The molecular formula is C12H15N3O2S. The lowest BCUT2D eigenvalue weighted by atomic mass is 10.1. The van der Waals surface area contributed by atoms with Gasteiger partial charge in [0, 0.05) is 18.0 Å². The van der Waals surface area contributed by atoms with E-state index in [0.29, 0.717) is 11.3 Å². The van der Waals surface area contributed by atoms with E-state index in [2.05, 4.69) is 14.9 Å². The van der Waals surface area contributed by atoms with Gasteiger partial charge < -0.3 is 10.2 Å². The predicted molar refractivity (Wildman–Crippen MR) is 71.8 cm³/mol. The fourth-order valence-electron chi connectivity index (χ4n) is 1.59. The van der Waals surface area contributed by atoms with Gasteiger partial charge in [0.05, 0.1) is 11.3 Å². The third-order valence-electron chi connectivity index (χ3n) is 2.54. The van der Waals surface area contributed by atoms with E-state index in [4.69, 9.17) is 0 Å². The van der Waals surface area contributed by atoms with Crippen molar-refractivity contribution in [1.29, 1.82) is 0 Å². The number of hydrogen-bond donors (Lipinski definition) is 2. The number of anilines is 1. The maximum Gasteiger partial charge on any atom is 0.296 e. The molecule has 1 aliphatic rings. The normalized spacial score (nSPS) is 13.9. The first-order valence-corrected chi connectivity index (χ1v) is 6.44. The van der Waals surface area contributed by atoms with Crippen LogP contribution in [0.3, 0.4) is 0 Å². The van der Waals surface area contributed by atoms with E-state index in [1.165, 1.54) is 11.9 Å². The van der Waals surface area contributed by atoms with E-state index in [0.717, 1.165) is 18.0 Å². The summed E-state index contributed by atoms with van der Waals surface area (Å²) < 4.78 is 3.21. The number of carbonyl (C=O) groups excluding carboxylic acids is 2. The highest BCUT2D eigenvalue weighted by molar-refractivity contribution is 7.97. The first-order chi connectivity index (χ1) is 8.58. The Bertz CT molecular complexity index is 488. The second-order valence-corrected chi connectivity index (χ2v) is 5.25. The number of benzene rings is 1. The van der Waals surface area contributed by atoms with Crippen molar-refractivity contribution in [3.05, 3.63) is 23.8 Å². The van der Waals surface area contributed by atoms with Gasteiger partial charge in [0.15, 0.2) is 0 Å². The quantitative estimate of drug-likeness (QED) is 0.472. The van der Waals surface area contributed by atoms with E-state index in [1.54, 1.807) is 12.1 Å². The van der Waals surface area contributed by atoms with E-state index < -0.39 is 11.7 Å². The van der Waals surface area contributed by atoms with Crippen molar-refractivity contribution in [1.82, 2.24) is 9.62 Å². The summed E-state index contributed by atoms with van der Waals surface area (Å²) in [6.07, 6.45) is 0. The topological polar surface area (TPSA) is 61.4 Å². The number of rotatable bonds is 5. The second kappa shape index (κ2) is 5.51. The zero-order valence-corrected chi connectivity index (χ0v) is 11.1. The highest BCUT2D eigenvalue weighted by Crippen LogP contribution is 2.27. The van der Waals surface area contributed by atoms with Gasteiger partial charge in [-0.2, -0.15) is 0 Å². The molecule has 0 saturated heterocycles. The summed E-state index contributed by atoms with van der Waals surface area (Å²) in [6.45, 7) is 1.79. The predicted octanol–water partition coefficient (Wildman–Crippen LogP) is 0.980. The first-order valence-electron chi connectivity index (χ1n) is 5.62. The molecule has 1 aromatic rings. The van der Waals surface area contributed by atoms with Gasteiger partial charge in [-0.15, -0.1) is 0 Å². The molecule has 0 radical (unpaired) electrons. The molecule has 0 fully saturated rings. The number of likely N-dealkylation sites (N-methyl/N-ethyl adjacent to an activating group) is 1. The van der Waals surface area contributed by atoms with Crippen LogP contribution in [0.1, 0.15) is 10.4 Å². The van der Waals surface area contributed by atoms with Crippen molar-refractivity contribution in [3.63, 3.8) is 0 Å². The summed E-state index contributed by atoms with van der Waals surface area (Å²) in [7, 11) is 4.02. The van der Waals surface area contributed by atoms with Crippen LogP contribution in [0.5, 0.6) is 0 Å². The molecule has 0 saturated carbocycles. The van der Waals surface area contributed by atoms with E-state index in [1.807, 2.05) is 20.2 Å². The van der Waals surface area contributed by atoms with E-state index in [-0.39, 0.29) is 0 Å². The van der Waals surface area contributed by atoms with E-state index >= 15 is 0 Å². The summed E-state index contributed by atoms with van der Waals surface area (Å²) in [5.41, 5.74) is 1.06. The van der Waals surface area contributed by atoms with Crippen LogP contribution in [0, 0.1) is 0 Å². The van der Waals surface area contributed by atoms with Crippen LogP contribution in [0.15, 0.2) is 23.1 Å². The van der Waals surface area contributed by atoms with Crippen molar-refractivity contribution in [3.8, 4) is 0 Å². The highest BCUT2D eigenvalue weighted by Gasteiger charge is 2.27. The Kier molecular flexibility index (Phi) is 4.00. The molecule has 6 heteroatoms. The molecule has 1 heterocycles. The van der Waals surface area contributed by atoms with Gasteiger partial charge in [0.2, 0.25) is 0 Å². The van der Waals surface area contributed by atoms with Gasteiger partial charge >= 0.3 is 0 Å². The lowest BCUT2D eigenvalue weighted by Crippen LogP contribution is -2.22. The Morgan fingerprint density at radius 3 is 2.83 bits per heavy atom. The Morgan fingerprint density at radius 2 is 2.11 bits per heavy atom. The van der Waals surface area contributed by atoms with E-state index in [9.17, 15) is 9.59 Å². The van der Waals surface area contributed by atoms with Crippen molar-refractivity contribution in [2.45, 2.75) is 4.90 Å². The van der Waals surface area contributed by atoms with Gasteiger partial charge in [-0.25, -0.2) is 0 Å². The third kappa shape index (κ3) is 2.90. The molecule has 1 aliphatic heterocycles. The van der Waals surface area contributed by atoms with Crippen LogP contribution in [-0.2, 0) is 4.79 Å². The number of Topliss-reactive ketones (excluding diaryl/α,β-unsaturated/α-hetero) is 1. The Balaban J connectivity index is 1.96. The molecule has 5 nitrogen and oxygen atoms in total. The molecule has 2 rings (SSSR count). The zero-order chi connectivity index (χ0) is 13.1. The maximum atomic E-state index is 11.5. The summed E-state index contributed by atoms with van der Waals surface area (Å²) in [5.74, 6) is -1.01. The largest absolute Gasteiger partial charge is 0.318 e. The van der Waals surface area contributed by atoms with Crippen molar-refractivity contribution >= 4 is 29.3 Å². The third-order valence-corrected chi connectivity index (χ3v) is 3.38. The van der Waals surface area contributed by atoms with Crippen molar-refractivity contribution < 1.29 is 9.59 Å². The lowest BCUT2D eigenvalue weighted by Gasteiger charge is -2.10. The Hall–Kier alpha value is -1.37. The van der Waals surface area contributed by atoms with Crippen molar-refractivity contribution in [2.24, 2.45) is 0 Å². The van der Waals surface area contributed by atoms with Gasteiger partial charge in [-0.3, -0.25) is 14.3 Å². The number of nitrogens with zero attached hydrogens (tertiary/aromatic N) is 1. The average Bonchev–Trinajstić information content (AvgIpc) is 2.61. The van der Waals surface area contributed by atoms with Gasteiger partial charge in [-0.1, -0.05) is 0 Å². The Morgan fingerprint density at radius 1 is 1.33 bits per heavy atom. The van der Waals surface area contributed by atoms with Crippen LogP contribution < -0.4 is 10.0 Å². The second-order valence-electron chi connectivity index (χ2n) is 4.29. The fourth-order valence-corrected chi connectivity index (χ4v) is 2.26. The van der Waals surface area contributed by atoms with Gasteiger partial charge in [-0.05, 0) is 44.2 Å². The number of carbonyl (C=O) groups is 2. The molecule has 2 N–H and O–H groups in total. The Labute approximate surface area is 110 Å². The number of fused-ring (bicyclic) bond motifs is 1. The minimum atomic E-state index is -0.548. The molecule has 1 aromatic carbocycles. The molecule has 0 unspecified atom stereocenters. The fraction of sp³-hybridized carbons (Fsp3) is 0.333. The van der Waals surface area contributed by atoms with Gasteiger partial charge in [0.1, 0.15) is 0 Å². The van der Waals surface area contributed by atoms with Crippen molar-refractivity contribution in [2.75, 3.05) is 32.5 Å². The number of hydrogen-bond acceptors (Lipinski definition) is 5. The number of ketones is 1. The molecule has 0 bridgehead atoms. The highest BCUT2D eigenvalue weighted by atomic mass is 32.2. The summed E-state index contributed by atoms with van der Waals surface area (Å²) >= 11 is 1.46. The number of amides is 1. The summed E-state index contributed by atoms with van der Waals surface area (Å²) in [4.78, 5) is 25.7. The monoisotopic (exact) mass is 265 g/mol. The number of nitrogens with one attached hydrogen (secondary N) is 2. The average molecular weight is 265 g/mol. The molecule has 0 atom stereocenters. The lowest BCUT2D eigenvalue weighted by molar-refractivity contribution is -0.112. The minimum Gasteiger partial charge on any atom is -0.318 e. The van der Waals surface area contributed by atoms with Crippen LogP contribution in [0.4, 0.5) is 5.69 Å². The molecule has 96 valence electrons. The molecule has 0 aromatic heterocycles. The van der Waals surface area contributed by atoms with Crippen LogP contribution in [-0.4, -0.2) is 43.8 Å². The minimum absolute atomic E-state index is 0.458. The maximum absolute atomic E-state index is 11.5. The van der Waals surface area contributed by atoms with Crippen LogP contribution in [0.25, 0.3) is 0 Å². The summed E-state index contributed by atoms with van der Waals surface area (Å²) in [6, 6.07) is 5.38. The summed E-state index contributed by atoms with van der Waals surface area (Å²) in [5, 5.41) is 2.53. The first kappa shape index (κ1) is 13.1.